The van der Waals surface area contributed by atoms with E-state index < -0.39 is 15.6 Å². The van der Waals surface area contributed by atoms with Gasteiger partial charge in [0.1, 0.15) is 0 Å². The fraction of sp³-hybridized carbons (Fsp3) is 0.300. The van der Waals surface area contributed by atoms with Crippen LogP contribution in [0.5, 0.6) is 0 Å². The van der Waals surface area contributed by atoms with E-state index in [1.165, 1.54) is 0 Å². The molecule has 0 amide bonds. The lowest BCUT2D eigenvalue weighted by molar-refractivity contribution is 0.490. The number of sulfonamides is 1. The molecule has 1 aromatic carbocycles. The Morgan fingerprint density at radius 1 is 1.00 bits per heavy atom. The van der Waals surface area contributed by atoms with Crippen LogP contribution in [0.4, 0.5) is 0 Å². The van der Waals surface area contributed by atoms with Crippen LogP contribution in [0, 0.1) is 0 Å². The van der Waals surface area contributed by atoms with Gasteiger partial charge >= 0.3 is 0 Å². The predicted molar refractivity (Wildman–Crippen MR) is 109 cm³/mol. The van der Waals surface area contributed by atoms with Crippen LogP contribution in [-0.2, 0) is 23.1 Å². The number of aromatic nitrogens is 3. The van der Waals surface area contributed by atoms with E-state index in [2.05, 4.69) is 25.2 Å². The third kappa shape index (κ3) is 5.03. The summed E-state index contributed by atoms with van der Waals surface area (Å²) in [6, 6.07) is 10.9. The highest BCUT2D eigenvalue weighted by Crippen LogP contribution is 2.21. The number of nitrogens with zero attached hydrogens (tertiary/aromatic N) is 2. The predicted octanol–water partition coefficient (Wildman–Crippen LogP) is 2.84. The quantitative estimate of drug-likeness (QED) is 0.567. The molecule has 0 aliphatic heterocycles. The number of rotatable bonds is 7. The lowest BCUT2D eigenvalue weighted by Crippen LogP contribution is -2.40. The number of hydrogen-bond donors (Lipinski definition) is 3. The molecular weight excluding hydrogens is 374 g/mol. The smallest absolute Gasteiger partial charge is 0.241 e. The van der Waals surface area contributed by atoms with E-state index in [4.69, 9.17) is 0 Å². The van der Waals surface area contributed by atoms with Crippen molar-refractivity contribution in [3.8, 4) is 11.3 Å². The van der Waals surface area contributed by atoms with E-state index in [1.807, 2.05) is 45.0 Å². The minimum atomic E-state index is -3.60. The van der Waals surface area contributed by atoms with Gasteiger partial charge in [0.15, 0.2) is 0 Å². The van der Waals surface area contributed by atoms with Crippen molar-refractivity contribution in [2.45, 2.75) is 44.3 Å². The molecule has 0 fully saturated rings. The van der Waals surface area contributed by atoms with Crippen LogP contribution in [-0.4, -0.2) is 29.1 Å². The highest BCUT2D eigenvalue weighted by atomic mass is 32.2. The Labute approximate surface area is 165 Å². The second-order valence-corrected chi connectivity index (χ2v) is 9.23. The molecule has 3 N–H and O–H groups in total. The molecule has 0 radical (unpaired) electrons. The molecule has 0 atom stereocenters. The number of hydrogen-bond acceptors (Lipinski definition) is 5. The van der Waals surface area contributed by atoms with Crippen molar-refractivity contribution < 1.29 is 8.42 Å². The zero-order valence-electron chi connectivity index (χ0n) is 16.2. The molecule has 0 aliphatic rings. The fourth-order valence-electron chi connectivity index (χ4n) is 2.91. The monoisotopic (exact) mass is 399 g/mol. The maximum atomic E-state index is 12.7. The molecule has 0 saturated carbocycles. The molecule has 3 aromatic rings. The van der Waals surface area contributed by atoms with Crippen molar-refractivity contribution in [3.63, 3.8) is 0 Å². The first-order chi connectivity index (χ1) is 13.3. The van der Waals surface area contributed by atoms with Crippen LogP contribution < -0.4 is 10.0 Å². The van der Waals surface area contributed by atoms with Gasteiger partial charge in [0.2, 0.25) is 10.0 Å². The summed E-state index contributed by atoms with van der Waals surface area (Å²) in [7, 11) is -3.60. The van der Waals surface area contributed by atoms with E-state index in [9.17, 15) is 8.42 Å². The Morgan fingerprint density at radius 3 is 2.46 bits per heavy atom. The van der Waals surface area contributed by atoms with Crippen molar-refractivity contribution in [2.75, 3.05) is 0 Å². The number of H-pyrrole nitrogens is 1. The zero-order chi connectivity index (χ0) is 20.2. The maximum Gasteiger partial charge on any atom is 0.241 e. The van der Waals surface area contributed by atoms with Crippen LogP contribution in [0.1, 0.15) is 31.9 Å². The maximum absolute atomic E-state index is 12.7. The summed E-state index contributed by atoms with van der Waals surface area (Å²) in [5.74, 6) is 0. The summed E-state index contributed by atoms with van der Waals surface area (Å²) in [4.78, 5) is 4.42. The van der Waals surface area contributed by atoms with Crippen LogP contribution in [0.25, 0.3) is 11.3 Å². The summed E-state index contributed by atoms with van der Waals surface area (Å²) in [5, 5.41) is 10.4. The molecule has 28 heavy (non-hydrogen) atoms. The molecule has 0 bridgehead atoms. The van der Waals surface area contributed by atoms with Gasteiger partial charge in [0.05, 0.1) is 16.8 Å². The highest BCUT2D eigenvalue weighted by molar-refractivity contribution is 7.89. The van der Waals surface area contributed by atoms with Gasteiger partial charge in [-0.05, 0) is 44.5 Å². The van der Waals surface area contributed by atoms with E-state index in [0.29, 0.717) is 18.7 Å². The van der Waals surface area contributed by atoms with Crippen molar-refractivity contribution in [1.29, 1.82) is 0 Å². The third-order valence-corrected chi connectivity index (χ3v) is 5.86. The Morgan fingerprint density at radius 2 is 1.75 bits per heavy atom. The minimum Gasteiger partial charge on any atom is -0.308 e. The van der Waals surface area contributed by atoms with Gasteiger partial charge in [-0.25, -0.2) is 13.1 Å². The second-order valence-electron chi connectivity index (χ2n) is 7.58. The third-order valence-electron chi connectivity index (χ3n) is 4.00. The van der Waals surface area contributed by atoms with Crippen molar-refractivity contribution >= 4 is 10.0 Å². The average Bonchev–Trinajstić information content (AvgIpc) is 3.09. The van der Waals surface area contributed by atoms with Gasteiger partial charge in [0, 0.05) is 42.1 Å². The van der Waals surface area contributed by atoms with Crippen LogP contribution >= 0.6 is 0 Å². The first-order valence-corrected chi connectivity index (χ1v) is 10.5. The van der Waals surface area contributed by atoms with Gasteiger partial charge in [-0.2, -0.15) is 5.10 Å². The second kappa shape index (κ2) is 8.22. The lowest BCUT2D eigenvalue weighted by Gasteiger charge is -2.21. The normalized spacial score (nSPS) is 12.2. The SMILES string of the molecule is CC(C)(C)NS(=O)(=O)c1ccccc1CNCc1cn[nH]c1-c1cccnc1. The summed E-state index contributed by atoms with van der Waals surface area (Å²) < 4.78 is 28.2. The molecular formula is C20H25N5O2S. The first kappa shape index (κ1) is 20.2. The molecule has 0 unspecified atom stereocenters. The van der Waals surface area contributed by atoms with E-state index in [0.717, 1.165) is 16.8 Å². The molecule has 2 heterocycles. The molecule has 3 rings (SSSR count). The van der Waals surface area contributed by atoms with E-state index in [1.54, 1.807) is 30.7 Å². The van der Waals surface area contributed by atoms with Gasteiger partial charge in [0.25, 0.3) is 0 Å². The Bertz CT molecular complexity index is 1020. The molecule has 148 valence electrons. The van der Waals surface area contributed by atoms with Crippen LogP contribution in [0.3, 0.4) is 0 Å². The largest absolute Gasteiger partial charge is 0.308 e. The van der Waals surface area contributed by atoms with Gasteiger partial charge < -0.3 is 5.32 Å². The van der Waals surface area contributed by atoms with Crippen LogP contribution in [0.15, 0.2) is 59.9 Å². The molecule has 2 aromatic heterocycles. The number of aromatic amines is 1. The van der Waals surface area contributed by atoms with Crippen molar-refractivity contribution in [2.24, 2.45) is 0 Å². The highest BCUT2D eigenvalue weighted by Gasteiger charge is 2.24. The molecule has 0 aliphatic carbocycles. The lowest BCUT2D eigenvalue weighted by atomic mass is 10.1. The minimum absolute atomic E-state index is 0.289. The summed E-state index contributed by atoms with van der Waals surface area (Å²) >= 11 is 0. The number of benzene rings is 1. The van der Waals surface area contributed by atoms with Crippen LogP contribution in [0.2, 0.25) is 0 Å². The van der Waals surface area contributed by atoms with Gasteiger partial charge in [-0.15, -0.1) is 0 Å². The van der Waals surface area contributed by atoms with E-state index in [-0.39, 0.29) is 4.90 Å². The zero-order valence-corrected chi connectivity index (χ0v) is 17.0. The summed E-state index contributed by atoms with van der Waals surface area (Å²) in [5.41, 5.74) is 3.01. The molecule has 7 nitrogen and oxygen atoms in total. The fourth-order valence-corrected chi connectivity index (χ4v) is 4.57. The van der Waals surface area contributed by atoms with Crippen molar-refractivity contribution in [3.05, 3.63) is 66.1 Å². The Hall–Kier alpha value is -2.55. The molecule has 8 heteroatoms. The Balaban J connectivity index is 1.73. The number of pyridine rings is 1. The first-order valence-electron chi connectivity index (χ1n) is 9.01. The van der Waals surface area contributed by atoms with Crippen molar-refractivity contribution in [1.82, 2.24) is 25.2 Å². The summed E-state index contributed by atoms with van der Waals surface area (Å²) in [6.07, 6.45) is 5.26. The Kier molecular flexibility index (Phi) is 5.93. The molecule has 0 saturated heterocycles. The number of nitrogens with one attached hydrogen (secondary N) is 3. The topological polar surface area (TPSA) is 99.8 Å². The average molecular weight is 400 g/mol. The van der Waals surface area contributed by atoms with E-state index >= 15 is 0 Å². The summed E-state index contributed by atoms with van der Waals surface area (Å²) in [6.45, 7) is 6.43. The molecule has 0 spiro atoms. The van der Waals surface area contributed by atoms with Gasteiger partial charge in [-0.1, -0.05) is 18.2 Å². The standard InChI is InChI=1S/C20H25N5O2S/c1-20(2,3)25-28(26,27)18-9-5-4-7-15(18)11-22-13-17-14-23-24-19(17)16-8-6-10-21-12-16/h4-10,12,14,22,25H,11,13H2,1-3H3,(H,23,24). The van der Waals surface area contributed by atoms with Gasteiger partial charge in [-0.3, -0.25) is 10.1 Å².